The Balaban J connectivity index is 1.65. The normalized spacial score (nSPS) is 33.8. The molecule has 0 aliphatic carbocycles. The molecule has 2 saturated heterocycles. The molecule has 0 bridgehead atoms. The van der Waals surface area contributed by atoms with Gasteiger partial charge in [-0.1, -0.05) is 71.1 Å². The highest BCUT2D eigenvalue weighted by Crippen LogP contribution is 2.36. The Morgan fingerprint density at radius 3 is 1.86 bits per heavy atom. The van der Waals surface area contributed by atoms with Gasteiger partial charge < -0.3 is 64.9 Å². The van der Waals surface area contributed by atoms with Crippen LogP contribution in [0.3, 0.4) is 0 Å². The Hall–Kier alpha value is -1.01. The summed E-state index contributed by atoms with van der Waals surface area (Å²) in [6.07, 6.45) is -2.81. The molecule has 2 aliphatic heterocycles. The number of unbranched alkanes of at least 4 members (excludes halogenated alkanes) is 9. The Labute approximate surface area is 259 Å². The molecule has 2 heterocycles. The third kappa shape index (κ3) is 11.7. The summed E-state index contributed by atoms with van der Waals surface area (Å²) in [6, 6.07) is 0. The van der Waals surface area contributed by atoms with Crippen molar-refractivity contribution in [3.63, 3.8) is 0 Å². The molecule has 260 valence electrons. The minimum Gasteiger partial charge on any atom is -0.463 e. The van der Waals surface area contributed by atoms with Crippen LogP contribution in [0.25, 0.3) is 0 Å². The molecule has 2 fully saturated rings. The van der Waals surface area contributed by atoms with Gasteiger partial charge in [-0.05, 0) is 19.3 Å². The van der Waals surface area contributed by atoms with Crippen molar-refractivity contribution in [3.8, 4) is 0 Å². The van der Waals surface area contributed by atoms with Crippen LogP contribution in [-0.4, -0.2) is 139 Å². The molecule has 0 aromatic rings. The lowest BCUT2D eigenvalue weighted by Gasteiger charge is -2.43. The summed E-state index contributed by atoms with van der Waals surface area (Å²) in [6.45, 7) is -0.0249. The summed E-state index contributed by atoms with van der Waals surface area (Å²) in [5.74, 6) is -2.87. The summed E-state index contributed by atoms with van der Waals surface area (Å²) in [4.78, 5) is 12.3. The van der Waals surface area contributed by atoms with E-state index in [1.54, 1.807) is 0 Å². The van der Waals surface area contributed by atoms with Crippen LogP contribution < -0.4 is 0 Å². The van der Waals surface area contributed by atoms with Gasteiger partial charge in [-0.3, -0.25) is 4.79 Å². The quantitative estimate of drug-likeness (QED) is 0.0529. The van der Waals surface area contributed by atoms with Crippen LogP contribution >= 0.6 is 0 Å². The van der Waals surface area contributed by atoms with Crippen molar-refractivity contribution < 1.29 is 69.7 Å². The van der Waals surface area contributed by atoms with Crippen LogP contribution in [0, 0.1) is 0 Å². The highest BCUT2D eigenvalue weighted by molar-refractivity contribution is 5.69. The third-order valence-corrected chi connectivity index (χ3v) is 8.48. The maximum absolute atomic E-state index is 12.3. The number of hydrogen-bond donors (Lipinski definition) is 9. The Morgan fingerprint density at radius 2 is 1.32 bits per heavy atom. The minimum absolute atomic E-state index is 0.0988. The van der Waals surface area contributed by atoms with Crippen LogP contribution in [0.5, 0.6) is 0 Å². The van der Waals surface area contributed by atoms with Crippen molar-refractivity contribution in [2.75, 3.05) is 19.8 Å². The number of aliphatic hydroxyl groups is 9. The Bertz CT molecular complexity index is 789. The number of hydrogen-bond acceptors (Lipinski definition) is 14. The minimum atomic E-state index is -2.30. The first-order chi connectivity index (χ1) is 21.0. The molecule has 2 aliphatic rings. The molecule has 0 saturated carbocycles. The third-order valence-electron chi connectivity index (χ3n) is 8.48. The second-order valence-corrected chi connectivity index (χ2v) is 12.1. The second-order valence-electron chi connectivity index (χ2n) is 12.1. The summed E-state index contributed by atoms with van der Waals surface area (Å²) in [7, 11) is 0. The average Bonchev–Trinajstić information content (AvgIpc) is 3.26. The van der Waals surface area contributed by atoms with Gasteiger partial charge in [0.25, 0.3) is 0 Å². The number of carbonyl (C=O) groups is 1. The first-order valence-electron chi connectivity index (χ1n) is 16.2. The second kappa shape index (κ2) is 20.3. The van der Waals surface area contributed by atoms with Crippen molar-refractivity contribution in [2.24, 2.45) is 0 Å². The van der Waals surface area contributed by atoms with E-state index in [1.165, 1.54) is 19.3 Å². The van der Waals surface area contributed by atoms with E-state index in [0.29, 0.717) is 19.3 Å². The monoisotopic (exact) mass is 640 g/mol. The molecule has 2 rings (SSSR count). The largest absolute Gasteiger partial charge is 0.463 e. The molecule has 0 spiro atoms. The molecule has 9 N–H and O–H groups in total. The van der Waals surface area contributed by atoms with E-state index in [1.807, 2.05) is 0 Å². The average molecular weight is 641 g/mol. The van der Waals surface area contributed by atoms with E-state index < -0.39 is 92.8 Å². The van der Waals surface area contributed by atoms with Crippen LogP contribution in [0.4, 0.5) is 0 Å². The molecule has 2 unspecified atom stereocenters. The standard InChI is InChI=1S/C30H56O14/c1-2-3-4-5-7-10-13-19(33)20(34)14-11-8-6-9-12-15-23(35)41-17-22-24(36)26(38)27(39)29(42-22)44-30(18-32)28(40)25(37)21(16-31)43-30/h19-22,24-29,31-34,36-40H,2-18H2,1H3/t19?,20?,21-,22-,24-,25-,26+,27-,28+,29-,30+/m1/s1. The van der Waals surface area contributed by atoms with Gasteiger partial charge in [0.05, 0.1) is 18.8 Å². The van der Waals surface area contributed by atoms with Gasteiger partial charge in [-0.2, -0.15) is 0 Å². The number of ether oxygens (including phenoxy) is 4. The molecule has 0 radical (unpaired) electrons. The van der Waals surface area contributed by atoms with E-state index in [0.717, 1.165) is 44.9 Å². The molecular weight excluding hydrogens is 584 g/mol. The van der Waals surface area contributed by atoms with E-state index >= 15 is 0 Å². The maximum atomic E-state index is 12.3. The van der Waals surface area contributed by atoms with Gasteiger partial charge in [0.1, 0.15) is 55.9 Å². The first kappa shape index (κ1) is 39.2. The fourth-order valence-electron chi connectivity index (χ4n) is 5.54. The zero-order chi connectivity index (χ0) is 32.7. The molecule has 0 aromatic carbocycles. The van der Waals surface area contributed by atoms with Gasteiger partial charge in [0.15, 0.2) is 6.29 Å². The molecule has 11 atom stereocenters. The fourth-order valence-corrected chi connectivity index (χ4v) is 5.54. The topological polar surface area (TPSA) is 236 Å². The van der Waals surface area contributed by atoms with Gasteiger partial charge in [0, 0.05) is 6.42 Å². The van der Waals surface area contributed by atoms with Gasteiger partial charge >= 0.3 is 5.97 Å². The highest BCUT2D eigenvalue weighted by atomic mass is 16.8. The zero-order valence-electron chi connectivity index (χ0n) is 25.9. The zero-order valence-corrected chi connectivity index (χ0v) is 25.9. The van der Waals surface area contributed by atoms with E-state index in [2.05, 4.69) is 6.92 Å². The SMILES string of the molecule is CCCCCCCCC(O)C(O)CCCCCCCC(=O)OC[C@H]1O[C@H](O[C@]2(CO)O[C@H](CO)[C@@H](O)[C@@H]2O)[C@H](O)[C@@H](O)[C@@H]1O. The summed E-state index contributed by atoms with van der Waals surface area (Å²) in [5.41, 5.74) is 0. The van der Waals surface area contributed by atoms with Gasteiger partial charge in [-0.15, -0.1) is 0 Å². The fraction of sp³-hybridized carbons (Fsp3) is 0.967. The van der Waals surface area contributed by atoms with Crippen molar-refractivity contribution in [1.29, 1.82) is 0 Å². The smallest absolute Gasteiger partial charge is 0.305 e. The maximum Gasteiger partial charge on any atom is 0.305 e. The van der Waals surface area contributed by atoms with Crippen molar-refractivity contribution in [2.45, 2.75) is 164 Å². The number of aliphatic hydroxyl groups excluding tert-OH is 9. The first-order valence-corrected chi connectivity index (χ1v) is 16.2. The van der Waals surface area contributed by atoms with E-state index in [-0.39, 0.29) is 6.42 Å². The highest BCUT2D eigenvalue weighted by Gasteiger charge is 2.58. The van der Waals surface area contributed by atoms with Crippen molar-refractivity contribution >= 4 is 5.97 Å². The lowest BCUT2D eigenvalue weighted by Crippen LogP contribution is -2.62. The van der Waals surface area contributed by atoms with E-state index in [4.69, 9.17) is 18.9 Å². The molecule has 0 aromatic heterocycles. The molecule has 14 nitrogen and oxygen atoms in total. The number of esters is 1. The molecule has 44 heavy (non-hydrogen) atoms. The summed E-state index contributed by atoms with van der Waals surface area (Å²) >= 11 is 0. The van der Waals surface area contributed by atoms with Crippen molar-refractivity contribution in [1.82, 2.24) is 0 Å². The van der Waals surface area contributed by atoms with Crippen molar-refractivity contribution in [3.05, 3.63) is 0 Å². The van der Waals surface area contributed by atoms with Crippen LogP contribution in [0.1, 0.15) is 96.8 Å². The summed E-state index contributed by atoms with van der Waals surface area (Å²) in [5, 5.41) is 90.8. The molecule has 14 heteroatoms. The van der Waals surface area contributed by atoms with Crippen LogP contribution in [0.2, 0.25) is 0 Å². The van der Waals surface area contributed by atoms with Gasteiger partial charge in [-0.25, -0.2) is 0 Å². The lowest BCUT2D eigenvalue weighted by molar-refractivity contribution is -0.383. The van der Waals surface area contributed by atoms with Crippen LogP contribution in [0.15, 0.2) is 0 Å². The molecule has 0 amide bonds. The van der Waals surface area contributed by atoms with E-state index in [9.17, 15) is 50.8 Å². The number of carbonyl (C=O) groups excluding carboxylic acids is 1. The van der Waals surface area contributed by atoms with Crippen LogP contribution in [-0.2, 0) is 23.7 Å². The Morgan fingerprint density at radius 1 is 0.750 bits per heavy atom. The van der Waals surface area contributed by atoms with Gasteiger partial charge in [0.2, 0.25) is 5.79 Å². The predicted octanol–water partition coefficient (Wildman–Crippen LogP) is -0.642. The lowest BCUT2D eigenvalue weighted by atomic mass is 9.99. The molecular formula is C30H56O14. The number of rotatable bonds is 22. The Kier molecular flexibility index (Phi) is 18.0. The predicted molar refractivity (Wildman–Crippen MR) is 155 cm³/mol. The summed E-state index contributed by atoms with van der Waals surface area (Å²) < 4.78 is 21.4.